The van der Waals surface area contributed by atoms with Crippen molar-refractivity contribution in [2.45, 2.75) is 13.3 Å². The van der Waals surface area contributed by atoms with Gasteiger partial charge in [0.25, 0.3) is 0 Å². The van der Waals surface area contributed by atoms with E-state index in [-0.39, 0.29) is 12.2 Å². The monoisotopic (exact) mass is 318 g/mol. The number of rotatable bonds is 4. The second kappa shape index (κ2) is 6.17. The molecule has 0 N–H and O–H groups in total. The quantitative estimate of drug-likeness (QED) is 0.630. The van der Waals surface area contributed by atoms with Gasteiger partial charge in [-0.25, -0.2) is 0 Å². The van der Waals surface area contributed by atoms with Crippen LogP contribution in [-0.2, 0) is 9.53 Å². The fourth-order valence-corrected chi connectivity index (χ4v) is 2.15. The molecule has 0 aliphatic carbocycles. The fraction of sp³-hybridized carbons (Fsp3) is 0.333. The summed E-state index contributed by atoms with van der Waals surface area (Å²) in [6, 6.07) is 5.03. The molecular formula is C12H12BrClO3. The van der Waals surface area contributed by atoms with Crippen LogP contribution in [0.25, 0.3) is 0 Å². The first-order chi connectivity index (χ1) is 7.95. The molecule has 0 bridgehead atoms. The van der Waals surface area contributed by atoms with Crippen molar-refractivity contribution in [2.75, 3.05) is 7.11 Å². The molecule has 0 radical (unpaired) electrons. The van der Waals surface area contributed by atoms with Crippen LogP contribution in [0.3, 0.4) is 0 Å². The van der Waals surface area contributed by atoms with Gasteiger partial charge in [-0.15, -0.1) is 0 Å². The SMILES string of the molecule is COC(=O)CC(C)C(=O)c1ccc(Br)cc1Cl. The Balaban J connectivity index is 2.85. The van der Waals surface area contributed by atoms with Crippen LogP contribution in [0.4, 0.5) is 0 Å². The summed E-state index contributed by atoms with van der Waals surface area (Å²) in [5.74, 6) is -1.01. The van der Waals surface area contributed by atoms with Gasteiger partial charge in [-0.05, 0) is 18.2 Å². The van der Waals surface area contributed by atoms with Crippen molar-refractivity contribution < 1.29 is 14.3 Å². The number of hydrogen-bond donors (Lipinski definition) is 0. The van der Waals surface area contributed by atoms with E-state index < -0.39 is 11.9 Å². The normalized spacial score (nSPS) is 12.0. The molecule has 1 aromatic rings. The summed E-state index contributed by atoms with van der Waals surface area (Å²) in [5.41, 5.74) is 0.422. The molecule has 0 fully saturated rings. The Morgan fingerprint density at radius 1 is 1.47 bits per heavy atom. The maximum Gasteiger partial charge on any atom is 0.306 e. The summed E-state index contributed by atoms with van der Waals surface area (Å²) in [6.45, 7) is 1.68. The van der Waals surface area contributed by atoms with Crippen LogP contribution >= 0.6 is 27.5 Å². The molecule has 1 rings (SSSR count). The highest BCUT2D eigenvalue weighted by Crippen LogP contribution is 2.24. The van der Waals surface area contributed by atoms with Crippen molar-refractivity contribution in [2.24, 2.45) is 5.92 Å². The van der Waals surface area contributed by atoms with Crippen molar-refractivity contribution in [3.8, 4) is 0 Å². The maximum absolute atomic E-state index is 12.0. The van der Waals surface area contributed by atoms with Crippen LogP contribution in [0.1, 0.15) is 23.7 Å². The maximum atomic E-state index is 12.0. The van der Waals surface area contributed by atoms with Gasteiger partial charge in [0.15, 0.2) is 5.78 Å². The lowest BCUT2D eigenvalue weighted by Crippen LogP contribution is -2.16. The highest BCUT2D eigenvalue weighted by molar-refractivity contribution is 9.10. The van der Waals surface area contributed by atoms with E-state index in [4.69, 9.17) is 11.6 Å². The lowest BCUT2D eigenvalue weighted by Gasteiger charge is -2.10. The topological polar surface area (TPSA) is 43.4 Å². The van der Waals surface area contributed by atoms with Crippen LogP contribution in [0.2, 0.25) is 5.02 Å². The van der Waals surface area contributed by atoms with E-state index in [1.165, 1.54) is 7.11 Å². The number of Topliss-reactive ketones (excluding diaryl/α,β-unsaturated/α-hetero) is 1. The summed E-state index contributed by atoms with van der Waals surface area (Å²) in [4.78, 5) is 23.1. The number of hydrogen-bond acceptors (Lipinski definition) is 3. The van der Waals surface area contributed by atoms with Crippen molar-refractivity contribution in [1.29, 1.82) is 0 Å². The van der Waals surface area contributed by atoms with Gasteiger partial charge >= 0.3 is 5.97 Å². The number of carbonyl (C=O) groups excluding carboxylic acids is 2. The average molecular weight is 320 g/mol. The van der Waals surface area contributed by atoms with Gasteiger partial charge in [-0.1, -0.05) is 34.5 Å². The molecular weight excluding hydrogens is 307 g/mol. The highest BCUT2D eigenvalue weighted by Gasteiger charge is 2.20. The Bertz CT molecular complexity index is 445. The number of carbonyl (C=O) groups is 2. The minimum absolute atomic E-state index is 0.0573. The van der Waals surface area contributed by atoms with Crippen molar-refractivity contribution in [3.63, 3.8) is 0 Å². The molecule has 92 valence electrons. The molecule has 0 amide bonds. The van der Waals surface area contributed by atoms with Crippen molar-refractivity contribution in [3.05, 3.63) is 33.3 Å². The summed E-state index contributed by atoms with van der Waals surface area (Å²) >= 11 is 9.24. The number of halogens is 2. The predicted octanol–water partition coefficient (Wildman–Crippen LogP) is 3.48. The molecule has 0 saturated carbocycles. The van der Waals surface area contributed by atoms with Crippen molar-refractivity contribution >= 4 is 39.3 Å². The Hall–Kier alpha value is -0.870. The third-order valence-corrected chi connectivity index (χ3v) is 3.15. The van der Waals surface area contributed by atoms with E-state index in [0.717, 1.165) is 4.47 Å². The molecule has 1 atom stereocenters. The molecule has 0 spiro atoms. The molecule has 0 saturated heterocycles. The van der Waals surface area contributed by atoms with Gasteiger partial charge in [0, 0.05) is 16.0 Å². The number of methoxy groups -OCH3 is 1. The molecule has 5 heteroatoms. The number of esters is 1. The molecule has 0 aliphatic rings. The molecule has 0 aliphatic heterocycles. The van der Waals surface area contributed by atoms with E-state index in [2.05, 4.69) is 20.7 Å². The first-order valence-corrected chi connectivity index (χ1v) is 6.19. The lowest BCUT2D eigenvalue weighted by molar-refractivity contribution is -0.141. The first kappa shape index (κ1) is 14.2. The third kappa shape index (κ3) is 3.82. The number of ether oxygens (including phenoxy) is 1. The van der Waals surface area contributed by atoms with E-state index in [9.17, 15) is 9.59 Å². The molecule has 1 aromatic carbocycles. The molecule has 1 unspecified atom stereocenters. The summed E-state index contributed by atoms with van der Waals surface area (Å²) in [6.07, 6.45) is 0.0573. The Morgan fingerprint density at radius 3 is 2.65 bits per heavy atom. The van der Waals surface area contributed by atoms with Gasteiger partial charge in [-0.3, -0.25) is 9.59 Å². The zero-order chi connectivity index (χ0) is 13.0. The van der Waals surface area contributed by atoms with Gasteiger partial charge in [-0.2, -0.15) is 0 Å². The minimum atomic E-state index is -0.443. The highest BCUT2D eigenvalue weighted by atomic mass is 79.9. The molecule has 17 heavy (non-hydrogen) atoms. The zero-order valence-electron chi connectivity index (χ0n) is 9.50. The Morgan fingerprint density at radius 2 is 2.12 bits per heavy atom. The summed E-state index contributed by atoms with van der Waals surface area (Å²) in [7, 11) is 1.30. The van der Waals surface area contributed by atoms with Gasteiger partial charge < -0.3 is 4.74 Å². The van der Waals surface area contributed by atoms with E-state index in [1.54, 1.807) is 25.1 Å². The zero-order valence-corrected chi connectivity index (χ0v) is 11.8. The smallest absolute Gasteiger partial charge is 0.306 e. The first-order valence-electron chi connectivity index (χ1n) is 5.01. The van der Waals surface area contributed by atoms with Crippen LogP contribution in [-0.4, -0.2) is 18.9 Å². The second-order valence-corrected chi connectivity index (χ2v) is 4.99. The van der Waals surface area contributed by atoms with E-state index >= 15 is 0 Å². The summed E-state index contributed by atoms with van der Waals surface area (Å²) < 4.78 is 5.33. The third-order valence-electron chi connectivity index (χ3n) is 2.34. The largest absolute Gasteiger partial charge is 0.469 e. The Kier molecular flexibility index (Phi) is 5.15. The van der Waals surface area contributed by atoms with Crippen molar-refractivity contribution in [1.82, 2.24) is 0 Å². The molecule has 3 nitrogen and oxygen atoms in total. The fourth-order valence-electron chi connectivity index (χ4n) is 1.38. The number of benzene rings is 1. The van der Waals surface area contributed by atoms with Crippen LogP contribution in [0, 0.1) is 5.92 Å². The lowest BCUT2D eigenvalue weighted by atomic mass is 9.96. The minimum Gasteiger partial charge on any atom is -0.469 e. The average Bonchev–Trinajstić information content (AvgIpc) is 2.28. The van der Waals surface area contributed by atoms with Crippen LogP contribution < -0.4 is 0 Å². The van der Waals surface area contributed by atoms with Gasteiger partial charge in [0.2, 0.25) is 0 Å². The summed E-state index contributed by atoms with van der Waals surface area (Å²) in [5, 5.41) is 0.376. The van der Waals surface area contributed by atoms with E-state index in [1.807, 2.05) is 0 Å². The van der Waals surface area contributed by atoms with Gasteiger partial charge in [0.05, 0.1) is 18.6 Å². The molecule has 0 aromatic heterocycles. The van der Waals surface area contributed by atoms with E-state index in [0.29, 0.717) is 10.6 Å². The second-order valence-electron chi connectivity index (χ2n) is 3.67. The molecule has 0 heterocycles. The Labute approximate surface area is 113 Å². The van der Waals surface area contributed by atoms with Crippen LogP contribution in [0.15, 0.2) is 22.7 Å². The number of ketones is 1. The predicted molar refractivity (Wildman–Crippen MR) is 69.3 cm³/mol. The standard InChI is InChI=1S/C12H12BrClO3/c1-7(5-11(15)17-2)12(16)9-4-3-8(13)6-10(9)14/h3-4,6-7H,5H2,1-2H3. The van der Waals surface area contributed by atoms with Crippen LogP contribution in [0.5, 0.6) is 0 Å². The van der Waals surface area contributed by atoms with Gasteiger partial charge in [0.1, 0.15) is 0 Å².